The summed E-state index contributed by atoms with van der Waals surface area (Å²) in [6.45, 7) is 5.19. The van der Waals surface area contributed by atoms with Crippen LogP contribution in [0.3, 0.4) is 0 Å². The number of aryl methyl sites for hydroxylation is 1. The molecule has 2 heteroatoms. The second kappa shape index (κ2) is 6.06. The predicted octanol–water partition coefficient (Wildman–Crippen LogP) is 4.24. The van der Waals surface area contributed by atoms with Crippen LogP contribution >= 0.6 is 0 Å². The number of pyridine rings is 1. The Morgan fingerprint density at radius 2 is 1.71 bits per heavy atom. The number of nitrogens with one attached hydrogen (secondary N) is 1. The van der Waals surface area contributed by atoms with Crippen LogP contribution in [0.15, 0.2) is 60.7 Å². The zero-order valence-electron chi connectivity index (χ0n) is 12.5. The Morgan fingerprint density at radius 1 is 1.00 bits per heavy atom. The van der Waals surface area contributed by atoms with Gasteiger partial charge >= 0.3 is 0 Å². The summed E-state index contributed by atoms with van der Waals surface area (Å²) in [5.41, 5.74) is 4.67. The maximum atomic E-state index is 4.87. The van der Waals surface area contributed by atoms with E-state index in [0.29, 0.717) is 0 Å². The van der Waals surface area contributed by atoms with Gasteiger partial charge in [0.15, 0.2) is 0 Å². The molecule has 2 aromatic carbocycles. The second-order valence-electron chi connectivity index (χ2n) is 5.28. The molecule has 3 aromatic rings. The van der Waals surface area contributed by atoms with E-state index in [0.717, 1.165) is 17.8 Å². The molecule has 2 nitrogen and oxygen atoms in total. The van der Waals surface area contributed by atoms with Crippen LogP contribution in [0.4, 0.5) is 0 Å². The van der Waals surface area contributed by atoms with E-state index in [2.05, 4.69) is 67.7 Å². The first-order valence-corrected chi connectivity index (χ1v) is 7.44. The van der Waals surface area contributed by atoms with E-state index in [1.165, 1.54) is 16.5 Å². The molecule has 0 saturated carbocycles. The van der Waals surface area contributed by atoms with E-state index in [4.69, 9.17) is 4.98 Å². The molecule has 0 bridgehead atoms. The molecule has 0 aliphatic rings. The van der Waals surface area contributed by atoms with E-state index in [9.17, 15) is 0 Å². The fourth-order valence-electron chi connectivity index (χ4n) is 2.77. The maximum Gasteiger partial charge on any atom is 0.0751 e. The van der Waals surface area contributed by atoms with Gasteiger partial charge in [0.2, 0.25) is 0 Å². The number of nitrogens with zero attached hydrogens (tertiary/aromatic N) is 1. The second-order valence-corrected chi connectivity index (χ2v) is 5.28. The number of para-hydroxylation sites is 1. The molecule has 0 aliphatic carbocycles. The van der Waals surface area contributed by atoms with Gasteiger partial charge in [0.05, 0.1) is 17.3 Å². The summed E-state index contributed by atoms with van der Waals surface area (Å²) in [5.74, 6) is 0. The molecule has 1 N–H and O–H groups in total. The van der Waals surface area contributed by atoms with Crippen molar-refractivity contribution < 1.29 is 0 Å². The molecule has 3 rings (SSSR count). The lowest BCUT2D eigenvalue weighted by atomic mass is 10.00. The molecule has 21 heavy (non-hydrogen) atoms. The van der Waals surface area contributed by atoms with Crippen molar-refractivity contribution in [1.82, 2.24) is 10.3 Å². The van der Waals surface area contributed by atoms with Gasteiger partial charge in [-0.25, -0.2) is 0 Å². The largest absolute Gasteiger partial charge is 0.305 e. The number of benzene rings is 2. The van der Waals surface area contributed by atoms with Crippen molar-refractivity contribution in [1.29, 1.82) is 0 Å². The van der Waals surface area contributed by atoms with Gasteiger partial charge in [-0.15, -0.1) is 0 Å². The molecule has 0 aliphatic heterocycles. The van der Waals surface area contributed by atoms with E-state index in [1.807, 2.05) is 12.1 Å². The van der Waals surface area contributed by atoms with Crippen LogP contribution < -0.4 is 5.32 Å². The number of aromatic nitrogens is 1. The lowest BCUT2D eigenvalue weighted by molar-refractivity contribution is 0.617. The maximum absolute atomic E-state index is 4.87. The minimum atomic E-state index is 0.138. The van der Waals surface area contributed by atoms with Crippen LogP contribution in [-0.4, -0.2) is 11.5 Å². The smallest absolute Gasteiger partial charge is 0.0751 e. The zero-order chi connectivity index (χ0) is 14.7. The summed E-state index contributed by atoms with van der Waals surface area (Å²) in [6.07, 6.45) is 0. The minimum absolute atomic E-state index is 0.138. The SMILES string of the molecule is CCNC(c1ccccc1)c1cc(C)c2ccccc2n1. The third kappa shape index (κ3) is 2.81. The molecular weight excluding hydrogens is 256 g/mol. The molecule has 0 radical (unpaired) electrons. The average Bonchev–Trinajstić information content (AvgIpc) is 2.53. The first-order valence-electron chi connectivity index (χ1n) is 7.44. The highest BCUT2D eigenvalue weighted by Gasteiger charge is 2.15. The third-order valence-electron chi connectivity index (χ3n) is 3.78. The van der Waals surface area contributed by atoms with Gasteiger partial charge in [0.1, 0.15) is 0 Å². The highest BCUT2D eigenvalue weighted by molar-refractivity contribution is 5.82. The van der Waals surface area contributed by atoms with E-state index >= 15 is 0 Å². The fraction of sp³-hybridized carbons (Fsp3) is 0.211. The summed E-state index contributed by atoms with van der Waals surface area (Å²) in [7, 11) is 0. The lowest BCUT2D eigenvalue weighted by Crippen LogP contribution is -2.23. The standard InChI is InChI=1S/C19H20N2/c1-3-20-19(15-9-5-4-6-10-15)18-13-14(2)16-11-7-8-12-17(16)21-18/h4-13,19-20H,3H2,1-2H3. The molecule has 1 aromatic heterocycles. The summed E-state index contributed by atoms with van der Waals surface area (Å²) >= 11 is 0. The highest BCUT2D eigenvalue weighted by atomic mass is 14.9. The van der Waals surface area contributed by atoms with Crippen molar-refractivity contribution in [2.24, 2.45) is 0 Å². The monoisotopic (exact) mass is 276 g/mol. The molecule has 0 saturated heterocycles. The van der Waals surface area contributed by atoms with E-state index in [-0.39, 0.29) is 6.04 Å². The van der Waals surface area contributed by atoms with Crippen LogP contribution in [0.2, 0.25) is 0 Å². The third-order valence-corrected chi connectivity index (χ3v) is 3.78. The Morgan fingerprint density at radius 3 is 2.48 bits per heavy atom. The highest BCUT2D eigenvalue weighted by Crippen LogP contribution is 2.25. The van der Waals surface area contributed by atoms with Gasteiger partial charge in [0, 0.05) is 5.39 Å². The van der Waals surface area contributed by atoms with E-state index in [1.54, 1.807) is 0 Å². The number of rotatable bonds is 4. The zero-order valence-corrected chi connectivity index (χ0v) is 12.5. The lowest BCUT2D eigenvalue weighted by Gasteiger charge is -2.19. The summed E-state index contributed by atoms with van der Waals surface area (Å²) in [5, 5.41) is 4.77. The van der Waals surface area contributed by atoms with Gasteiger partial charge in [-0.2, -0.15) is 0 Å². The Labute approximate surface area is 125 Å². The van der Waals surface area contributed by atoms with Gasteiger partial charge in [-0.05, 0) is 36.7 Å². The van der Waals surface area contributed by atoms with Gasteiger partial charge in [-0.3, -0.25) is 4.98 Å². The molecule has 0 amide bonds. The van der Waals surface area contributed by atoms with Crippen molar-refractivity contribution in [2.45, 2.75) is 19.9 Å². The molecule has 1 unspecified atom stereocenters. The van der Waals surface area contributed by atoms with Crippen molar-refractivity contribution in [2.75, 3.05) is 6.54 Å². The first-order chi connectivity index (χ1) is 10.3. The average molecular weight is 276 g/mol. The van der Waals surface area contributed by atoms with Crippen LogP contribution in [0, 0.1) is 6.92 Å². The number of hydrogen-bond acceptors (Lipinski definition) is 2. The Kier molecular flexibility index (Phi) is 3.98. The van der Waals surface area contributed by atoms with Crippen molar-refractivity contribution in [3.63, 3.8) is 0 Å². The van der Waals surface area contributed by atoms with Gasteiger partial charge in [0.25, 0.3) is 0 Å². The van der Waals surface area contributed by atoms with Gasteiger partial charge in [-0.1, -0.05) is 55.5 Å². The molecule has 0 spiro atoms. The summed E-state index contributed by atoms with van der Waals surface area (Å²) in [4.78, 5) is 4.87. The molecular formula is C19H20N2. The number of hydrogen-bond donors (Lipinski definition) is 1. The van der Waals surface area contributed by atoms with Crippen LogP contribution in [0.25, 0.3) is 10.9 Å². The topological polar surface area (TPSA) is 24.9 Å². The fourth-order valence-corrected chi connectivity index (χ4v) is 2.77. The van der Waals surface area contributed by atoms with Gasteiger partial charge < -0.3 is 5.32 Å². The summed E-state index contributed by atoms with van der Waals surface area (Å²) < 4.78 is 0. The van der Waals surface area contributed by atoms with E-state index < -0.39 is 0 Å². The summed E-state index contributed by atoms with van der Waals surface area (Å²) in [6, 6.07) is 21.2. The van der Waals surface area contributed by atoms with Crippen molar-refractivity contribution in [3.8, 4) is 0 Å². The van der Waals surface area contributed by atoms with Crippen LogP contribution in [0.1, 0.15) is 29.8 Å². The van der Waals surface area contributed by atoms with Crippen molar-refractivity contribution >= 4 is 10.9 Å². The quantitative estimate of drug-likeness (QED) is 0.771. The normalized spacial score (nSPS) is 12.5. The molecule has 1 heterocycles. The predicted molar refractivity (Wildman–Crippen MR) is 88.4 cm³/mol. The Hall–Kier alpha value is -2.19. The Balaban J connectivity index is 2.11. The Bertz CT molecular complexity index is 735. The van der Waals surface area contributed by atoms with Crippen LogP contribution in [-0.2, 0) is 0 Å². The molecule has 1 atom stereocenters. The minimum Gasteiger partial charge on any atom is -0.305 e. The molecule has 0 fully saturated rings. The first kappa shape index (κ1) is 13.8. The molecule has 106 valence electrons. The number of fused-ring (bicyclic) bond motifs is 1. The van der Waals surface area contributed by atoms with Crippen LogP contribution in [0.5, 0.6) is 0 Å². The van der Waals surface area contributed by atoms with Crippen molar-refractivity contribution in [3.05, 3.63) is 77.5 Å².